The quantitative estimate of drug-likeness (QED) is 0.651. The predicted molar refractivity (Wildman–Crippen MR) is 49.9 cm³/mol. The third kappa shape index (κ3) is 2.19. The SMILES string of the molecule is c1c[nH]c(CNCc2cnc[nH]2)c1. The van der Waals surface area contributed by atoms with E-state index in [0.717, 1.165) is 18.8 Å². The summed E-state index contributed by atoms with van der Waals surface area (Å²) in [6.07, 6.45) is 5.43. The van der Waals surface area contributed by atoms with Gasteiger partial charge in [0.2, 0.25) is 0 Å². The molecule has 0 saturated carbocycles. The fourth-order valence-corrected chi connectivity index (χ4v) is 1.19. The van der Waals surface area contributed by atoms with Crippen molar-refractivity contribution in [3.8, 4) is 0 Å². The molecule has 0 aliphatic carbocycles. The molecule has 0 aliphatic rings. The van der Waals surface area contributed by atoms with Gasteiger partial charge >= 0.3 is 0 Å². The molecule has 0 bridgehead atoms. The fourth-order valence-electron chi connectivity index (χ4n) is 1.19. The maximum absolute atomic E-state index is 3.93. The van der Waals surface area contributed by atoms with Gasteiger partial charge in [-0.05, 0) is 12.1 Å². The number of hydrogen-bond acceptors (Lipinski definition) is 2. The number of aromatic nitrogens is 3. The Balaban J connectivity index is 1.76. The zero-order chi connectivity index (χ0) is 8.93. The molecule has 0 aliphatic heterocycles. The highest BCUT2D eigenvalue weighted by molar-refractivity contribution is 5.03. The van der Waals surface area contributed by atoms with Gasteiger partial charge in [-0.25, -0.2) is 4.98 Å². The summed E-state index contributed by atoms with van der Waals surface area (Å²) < 4.78 is 0. The third-order valence-corrected chi connectivity index (χ3v) is 1.85. The summed E-state index contributed by atoms with van der Waals surface area (Å²) in [5, 5.41) is 3.29. The zero-order valence-corrected chi connectivity index (χ0v) is 7.25. The summed E-state index contributed by atoms with van der Waals surface area (Å²) >= 11 is 0. The predicted octanol–water partition coefficient (Wildman–Crippen LogP) is 1.03. The molecule has 0 spiro atoms. The van der Waals surface area contributed by atoms with Gasteiger partial charge in [-0.1, -0.05) is 0 Å². The lowest BCUT2D eigenvalue weighted by molar-refractivity contribution is 0.672. The number of H-pyrrole nitrogens is 2. The van der Waals surface area contributed by atoms with Crippen molar-refractivity contribution in [3.63, 3.8) is 0 Å². The Kier molecular flexibility index (Phi) is 2.43. The van der Waals surface area contributed by atoms with E-state index in [4.69, 9.17) is 0 Å². The lowest BCUT2D eigenvalue weighted by atomic mass is 10.4. The number of rotatable bonds is 4. The molecular formula is C9H12N4. The minimum Gasteiger partial charge on any atom is -0.364 e. The molecule has 0 fully saturated rings. The molecule has 0 radical (unpaired) electrons. The van der Waals surface area contributed by atoms with Gasteiger partial charge in [0.25, 0.3) is 0 Å². The molecule has 2 heterocycles. The van der Waals surface area contributed by atoms with E-state index in [1.807, 2.05) is 18.5 Å². The number of hydrogen-bond donors (Lipinski definition) is 3. The third-order valence-electron chi connectivity index (χ3n) is 1.85. The van der Waals surface area contributed by atoms with Crippen molar-refractivity contribution < 1.29 is 0 Å². The Morgan fingerprint density at radius 1 is 1.23 bits per heavy atom. The first-order valence-corrected chi connectivity index (χ1v) is 4.25. The Hall–Kier alpha value is -1.55. The molecule has 0 atom stereocenters. The van der Waals surface area contributed by atoms with Crippen molar-refractivity contribution in [2.24, 2.45) is 0 Å². The van der Waals surface area contributed by atoms with Crippen LogP contribution in [-0.2, 0) is 13.1 Å². The van der Waals surface area contributed by atoms with Crippen molar-refractivity contribution in [1.29, 1.82) is 0 Å². The zero-order valence-electron chi connectivity index (χ0n) is 7.25. The molecule has 13 heavy (non-hydrogen) atoms. The summed E-state index contributed by atoms with van der Waals surface area (Å²) in [6, 6.07) is 4.05. The molecule has 0 unspecified atom stereocenters. The summed E-state index contributed by atoms with van der Waals surface area (Å²) in [7, 11) is 0. The monoisotopic (exact) mass is 176 g/mol. The molecule has 2 aromatic heterocycles. The van der Waals surface area contributed by atoms with Crippen LogP contribution in [0.15, 0.2) is 30.9 Å². The summed E-state index contributed by atoms with van der Waals surface area (Å²) in [5.41, 5.74) is 2.30. The molecule has 0 saturated heterocycles. The van der Waals surface area contributed by atoms with Crippen LogP contribution in [0.2, 0.25) is 0 Å². The van der Waals surface area contributed by atoms with E-state index in [-0.39, 0.29) is 0 Å². The number of aromatic amines is 2. The van der Waals surface area contributed by atoms with Gasteiger partial charge in [0.05, 0.1) is 6.33 Å². The van der Waals surface area contributed by atoms with Crippen molar-refractivity contribution in [2.75, 3.05) is 0 Å². The topological polar surface area (TPSA) is 56.5 Å². The Bertz CT molecular complexity index is 288. The van der Waals surface area contributed by atoms with E-state index in [2.05, 4.69) is 26.3 Å². The number of nitrogens with one attached hydrogen (secondary N) is 3. The van der Waals surface area contributed by atoms with Gasteiger partial charge in [0.15, 0.2) is 0 Å². The smallest absolute Gasteiger partial charge is 0.0922 e. The van der Waals surface area contributed by atoms with Crippen LogP contribution < -0.4 is 5.32 Å². The second kappa shape index (κ2) is 3.91. The van der Waals surface area contributed by atoms with Gasteiger partial charge in [0.1, 0.15) is 0 Å². The Labute approximate surface area is 76.4 Å². The largest absolute Gasteiger partial charge is 0.364 e. The normalized spacial score (nSPS) is 10.5. The fraction of sp³-hybridized carbons (Fsp3) is 0.222. The molecule has 2 aromatic rings. The molecule has 68 valence electrons. The maximum atomic E-state index is 3.93. The van der Waals surface area contributed by atoms with Crippen molar-refractivity contribution >= 4 is 0 Å². The molecule has 2 rings (SSSR count). The molecule has 0 amide bonds. The lowest BCUT2D eigenvalue weighted by Gasteiger charge is -1.99. The summed E-state index contributed by atoms with van der Waals surface area (Å²) in [5.74, 6) is 0. The van der Waals surface area contributed by atoms with E-state index in [9.17, 15) is 0 Å². The highest BCUT2D eigenvalue weighted by atomic mass is 14.9. The van der Waals surface area contributed by atoms with Gasteiger partial charge < -0.3 is 15.3 Å². The minimum atomic E-state index is 0.818. The average molecular weight is 176 g/mol. The van der Waals surface area contributed by atoms with Gasteiger partial charge in [0, 0.05) is 36.9 Å². The first-order chi connectivity index (χ1) is 6.45. The van der Waals surface area contributed by atoms with E-state index in [0.29, 0.717) is 0 Å². The van der Waals surface area contributed by atoms with E-state index in [1.54, 1.807) is 6.33 Å². The Morgan fingerprint density at radius 2 is 2.15 bits per heavy atom. The van der Waals surface area contributed by atoms with Crippen molar-refractivity contribution in [3.05, 3.63) is 42.2 Å². The van der Waals surface area contributed by atoms with Crippen LogP contribution in [0.1, 0.15) is 11.4 Å². The number of imidazole rings is 1. The highest BCUT2D eigenvalue weighted by Gasteiger charge is 1.94. The highest BCUT2D eigenvalue weighted by Crippen LogP contribution is 1.94. The summed E-state index contributed by atoms with van der Waals surface area (Å²) in [6.45, 7) is 1.67. The average Bonchev–Trinajstić information content (AvgIpc) is 2.75. The van der Waals surface area contributed by atoms with Gasteiger partial charge in [-0.15, -0.1) is 0 Å². The van der Waals surface area contributed by atoms with Crippen LogP contribution in [-0.4, -0.2) is 15.0 Å². The molecule has 4 heteroatoms. The van der Waals surface area contributed by atoms with Gasteiger partial charge in [-0.3, -0.25) is 0 Å². The van der Waals surface area contributed by atoms with E-state index >= 15 is 0 Å². The van der Waals surface area contributed by atoms with Gasteiger partial charge in [-0.2, -0.15) is 0 Å². The minimum absolute atomic E-state index is 0.818. The van der Waals surface area contributed by atoms with Crippen LogP contribution in [0.4, 0.5) is 0 Å². The van der Waals surface area contributed by atoms with Crippen LogP contribution >= 0.6 is 0 Å². The number of nitrogens with zero attached hydrogens (tertiary/aromatic N) is 1. The lowest BCUT2D eigenvalue weighted by Crippen LogP contribution is -2.12. The maximum Gasteiger partial charge on any atom is 0.0922 e. The molecule has 3 N–H and O–H groups in total. The first-order valence-electron chi connectivity index (χ1n) is 4.25. The molecule has 0 aromatic carbocycles. The second-order valence-corrected chi connectivity index (χ2v) is 2.88. The molecule has 4 nitrogen and oxygen atoms in total. The van der Waals surface area contributed by atoms with Crippen LogP contribution in [0.25, 0.3) is 0 Å². The van der Waals surface area contributed by atoms with Crippen LogP contribution in [0, 0.1) is 0 Å². The van der Waals surface area contributed by atoms with E-state index in [1.165, 1.54) is 5.69 Å². The standard InChI is InChI=1S/C9H12N4/c1-2-8(12-3-1)4-10-5-9-6-11-7-13-9/h1-3,6-7,10,12H,4-5H2,(H,11,13). The second-order valence-electron chi connectivity index (χ2n) is 2.88. The van der Waals surface area contributed by atoms with E-state index < -0.39 is 0 Å². The first kappa shape index (κ1) is 8.07. The van der Waals surface area contributed by atoms with Crippen LogP contribution in [0.5, 0.6) is 0 Å². The molecular weight excluding hydrogens is 164 g/mol. The summed E-state index contributed by atoms with van der Waals surface area (Å²) in [4.78, 5) is 10.1. The van der Waals surface area contributed by atoms with Crippen molar-refractivity contribution in [2.45, 2.75) is 13.1 Å². The Morgan fingerprint density at radius 3 is 2.85 bits per heavy atom. The van der Waals surface area contributed by atoms with Crippen molar-refractivity contribution in [1.82, 2.24) is 20.3 Å². The van der Waals surface area contributed by atoms with Crippen LogP contribution in [0.3, 0.4) is 0 Å².